The SMILES string of the molecule is CCn1ncc(-c2ccnc3cc(C(=O)Nc4ccc(S(=O)(=O)Nc5nccs5)cc4)nn23)c1C. The Labute approximate surface area is 204 Å². The van der Waals surface area contributed by atoms with Crippen molar-refractivity contribution >= 4 is 43.7 Å². The van der Waals surface area contributed by atoms with E-state index < -0.39 is 15.9 Å². The molecule has 0 aliphatic rings. The van der Waals surface area contributed by atoms with Crippen LogP contribution in [0.25, 0.3) is 16.9 Å². The zero-order chi connectivity index (χ0) is 24.6. The highest BCUT2D eigenvalue weighted by Gasteiger charge is 2.18. The van der Waals surface area contributed by atoms with Gasteiger partial charge in [-0.3, -0.25) is 14.2 Å². The molecule has 0 aliphatic carbocycles. The van der Waals surface area contributed by atoms with Crippen molar-refractivity contribution in [1.82, 2.24) is 29.4 Å². The fraction of sp³-hybridized carbons (Fsp3) is 0.136. The van der Waals surface area contributed by atoms with E-state index in [1.165, 1.54) is 41.8 Å². The number of nitrogens with one attached hydrogen (secondary N) is 2. The van der Waals surface area contributed by atoms with Gasteiger partial charge in [0.05, 0.1) is 16.8 Å². The first-order valence-electron chi connectivity index (χ1n) is 10.6. The average Bonchev–Trinajstić information content (AvgIpc) is 3.59. The molecule has 0 radical (unpaired) electrons. The molecule has 2 N–H and O–H groups in total. The number of fused-ring (bicyclic) bond motifs is 1. The molecule has 178 valence electrons. The number of anilines is 2. The van der Waals surface area contributed by atoms with Gasteiger partial charge in [-0.05, 0) is 44.2 Å². The second-order valence-electron chi connectivity index (χ2n) is 7.51. The van der Waals surface area contributed by atoms with Crippen LogP contribution in [-0.2, 0) is 16.6 Å². The number of hydrogen-bond acceptors (Lipinski definition) is 8. The number of carbonyl (C=O) groups excluding carboxylic acids is 1. The number of carbonyl (C=O) groups is 1. The predicted molar refractivity (Wildman–Crippen MR) is 132 cm³/mol. The molecule has 4 aromatic heterocycles. The third kappa shape index (κ3) is 4.38. The molecule has 0 saturated heterocycles. The Morgan fingerprint density at radius 3 is 2.60 bits per heavy atom. The zero-order valence-corrected chi connectivity index (χ0v) is 20.3. The summed E-state index contributed by atoms with van der Waals surface area (Å²) in [6.45, 7) is 4.74. The van der Waals surface area contributed by atoms with Crippen molar-refractivity contribution in [2.75, 3.05) is 10.0 Å². The smallest absolute Gasteiger partial charge is 0.276 e. The fourth-order valence-corrected chi connectivity index (χ4v) is 5.38. The number of hydrogen-bond donors (Lipinski definition) is 2. The van der Waals surface area contributed by atoms with Crippen molar-refractivity contribution < 1.29 is 13.2 Å². The molecule has 5 aromatic rings. The normalized spacial score (nSPS) is 11.6. The number of amides is 1. The number of thiazole rings is 1. The number of rotatable bonds is 7. The minimum Gasteiger partial charge on any atom is -0.321 e. The van der Waals surface area contributed by atoms with Gasteiger partial charge in [-0.15, -0.1) is 11.3 Å². The fourth-order valence-electron chi connectivity index (χ4n) is 3.59. The summed E-state index contributed by atoms with van der Waals surface area (Å²) in [6, 6.07) is 9.25. The number of sulfonamides is 1. The molecule has 0 unspecified atom stereocenters. The van der Waals surface area contributed by atoms with Crippen molar-refractivity contribution in [3.8, 4) is 11.3 Å². The molecule has 0 saturated carbocycles. The largest absolute Gasteiger partial charge is 0.321 e. The monoisotopic (exact) mass is 508 g/mol. The first kappa shape index (κ1) is 22.7. The lowest BCUT2D eigenvalue weighted by atomic mass is 10.2. The van der Waals surface area contributed by atoms with E-state index in [0.29, 0.717) is 11.3 Å². The molecule has 35 heavy (non-hydrogen) atoms. The van der Waals surface area contributed by atoms with Gasteiger partial charge in [0, 0.05) is 47.3 Å². The molecule has 1 aromatic carbocycles. The van der Waals surface area contributed by atoms with Crippen LogP contribution in [0.3, 0.4) is 0 Å². The number of aryl methyl sites for hydroxylation is 1. The summed E-state index contributed by atoms with van der Waals surface area (Å²) in [6.07, 6.45) is 4.95. The van der Waals surface area contributed by atoms with Crippen LogP contribution in [0.15, 0.2) is 65.3 Å². The zero-order valence-electron chi connectivity index (χ0n) is 18.7. The second-order valence-corrected chi connectivity index (χ2v) is 10.1. The maximum Gasteiger partial charge on any atom is 0.276 e. The number of aromatic nitrogens is 6. The van der Waals surface area contributed by atoms with Gasteiger partial charge in [0.15, 0.2) is 16.5 Å². The van der Waals surface area contributed by atoms with E-state index in [9.17, 15) is 13.2 Å². The van der Waals surface area contributed by atoms with Crippen LogP contribution in [0.5, 0.6) is 0 Å². The molecule has 0 atom stereocenters. The summed E-state index contributed by atoms with van der Waals surface area (Å²) >= 11 is 1.18. The minimum absolute atomic E-state index is 0.0512. The quantitative estimate of drug-likeness (QED) is 0.344. The third-order valence-electron chi connectivity index (χ3n) is 5.35. The minimum atomic E-state index is -3.78. The summed E-state index contributed by atoms with van der Waals surface area (Å²) in [5, 5.41) is 13.5. The summed E-state index contributed by atoms with van der Waals surface area (Å²) < 4.78 is 30.9. The van der Waals surface area contributed by atoms with Gasteiger partial charge in [-0.2, -0.15) is 10.2 Å². The van der Waals surface area contributed by atoms with Crippen LogP contribution in [0.4, 0.5) is 10.8 Å². The Morgan fingerprint density at radius 1 is 1.11 bits per heavy atom. The van der Waals surface area contributed by atoms with Gasteiger partial charge in [0.25, 0.3) is 15.9 Å². The molecular formula is C22H20N8O3S2. The van der Waals surface area contributed by atoms with Gasteiger partial charge in [0.2, 0.25) is 0 Å². The molecule has 13 heteroatoms. The molecule has 4 heterocycles. The first-order chi connectivity index (χ1) is 16.9. The van der Waals surface area contributed by atoms with E-state index >= 15 is 0 Å². The van der Waals surface area contributed by atoms with Gasteiger partial charge in [0.1, 0.15) is 0 Å². The molecule has 0 bridgehead atoms. The van der Waals surface area contributed by atoms with Crippen LogP contribution >= 0.6 is 11.3 Å². The molecule has 0 fully saturated rings. The van der Waals surface area contributed by atoms with Crippen LogP contribution in [-0.4, -0.2) is 43.7 Å². The van der Waals surface area contributed by atoms with E-state index in [4.69, 9.17) is 0 Å². The molecule has 0 aliphatic heterocycles. The topological polar surface area (TPSA) is 136 Å². The van der Waals surface area contributed by atoms with Crippen molar-refractivity contribution in [2.45, 2.75) is 25.3 Å². The van der Waals surface area contributed by atoms with Crippen LogP contribution in [0.1, 0.15) is 23.1 Å². The van der Waals surface area contributed by atoms with E-state index in [2.05, 4.69) is 30.2 Å². The van der Waals surface area contributed by atoms with Crippen molar-refractivity contribution in [2.24, 2.45) is 0 Å². The maximum atomic E-state index is 12.9. The Bertz CT molecular complexity index is 1620. The number of nitrogens with zero attached hydrogens (tertiary/aromatic N) is 6. The predicted octanol–water partition coefficient (Wildman–Crippen LogP) is 3.43. The summed E-state index contributed by atoms with van der Waals surface area (Å²) in [5.74, 6) is -0.445. The lowest BCUT2D eigenvalue weighted by Gasteiger charge is -2.07. The highest BCUT2D eigenvalue weighted by molar-refractivity contribution is 7.93. The highest BCUT2D eigenvalue weighted by Crippen LogP contribution is 2.24. The lowest BCUT2D eigenvalue weighted by molar-refractivity contribution is 0.102. The number of benzene rings is 1. The van der Waals surface area contributed by atoms with Gasteiger partial charge in [-0.25, -0.2) is 22.9 Å². The van der Waals surface area contributed by atoms with E-state index in [1.54, 1.807) is 28.4 Å². The van der Waals surface area contributed by atoms with E-state index in [-0.39, 0.29) is 15.7 Å². The molecule has 0 spiro atoms. The molecular weight excluding hydrogens is 488 g/mol. The Balaban J connectivity index is 1.37. The van der Waals surface area contributed by atoms with Crippen LogP contribution < -0.4 is 10.0 Å². The van der Waals surface area contributed by atoms with Crippen molar-refractivity contribution in [1.29, 1.82) is 0 Å². The van der Waals surface area contributed by atoms with E-state index in [0.717, 1.165) is 23.5 Å². The first-order valence-corrected chi connectivity index (χ1v) is 12.9. The molecule has 5 rings (SSSR count). The van der Waals surface area contributed by atoms with E-state index in [1.807, 2.05) is 24.6 Å². The Hall–Kier alpha value is -4.10. The standard InChI is InChI=1S/C22H20N8O3S2/c1-3-29-14(2)17(13-25-29)19-8-9-23-20-12-18(27-30(19)20)21(31)26-15-4-6-16(7-5-15)35(32,33)28-22-24-10-11-34-22/h4-13H,3H2,1-2H3,(H,24,28)(H,26,31). The molecule has 1 amide bonds. The van der Waals surface area contributed by atoms with Gasteiger partial charge >= 0.3 is 0 Å². The Kier molecular flexibility index (Phi) is 5.78. The lowest BCUT2D eigenvalue weighted by Crippen LogP contribution is -2.14. The summed E-state index contributed by atoms with van der Waals surface area (Å²) in [7, 11) is -3.78. The van der Waals surface area contributed by atoms with Gasteiger partial charge < -0.3 is 5.32 Å². The second kappa shape index (κ2) is 8.92. The van der Waals surface area contributed by atoms with Crippen LogP contribution in [0.2, 0.25) is 0 Å². The maximum absolute atomic E-state index is 12.9. The third-order valence-corrected chi connectivity index (χ3v) is 7.52. The summed E-state index contributed by atoms with van der Waals surface area (Å²) in [4.78, 5) is 21.2. The van der Waals surface area contributed by atoms with Crippen molar-refractivity contribution in [3.63, 3.8) is 0 Å². The Morgan fingerprint density at radius 2 is 1.91 bits per heavy atom. The van der Waals surface area contributed by atoms with Crippen molar-refractivity contribution in [3.05, 3.63) is 71.8 Å². The average molecular weight is 509 g/mol. The molecule has 11 nitrogen and oxygen atoms in total. The van der Waals surface area contributed by atoms with Gasteiger partial charge in [-0.1, -0.05) is 0 Å². The summed E-state index contributed by atoms with van der Waals surface area (Å²) in [5.41, 5.74) is 3.78. The van der Waals surface area contributed by atoms with Crippen LogP contribution in [0, 0.1) is 6.92 Å². The highest BCUT2D eigenvalue weighted by atomic mass is 32.2.